The summed E-state index contributed by atoms with van der Waals surface area (Å²) in [4.78, 5) is 9.26. The normalized spacial score (nSPS) is 12.8. The van der Waals surface area contributed by atoms with E-state index in [0.717, 1.165) is 16.8 Å². The standard InChI is InChI=1S/C13H17N2P/c1-13(2,3)11-9-7-5-6-8-10(9)14-12(15-11)16-4/h5-8,16H,1-4H3. The van der Waals surface area contributed by atoms with E-state index in [4.69, 9.17) is 4.98 Å². The average molecular weight is 232 g/mol. The molecule has 0 bridgehead atoms. The molecule has 1 heterocycles. The van der Waals surface area contributed by atoms with E-state index in [1.807, 2.05) is 6.07 Å². The van der Waals surface area contributed by atoms with Crippen molar-refractivity contribution in [2.24, 2.45) is 0 Å². The van der Waals surface area contributed by atoms with Crippen LogP contribution in [0.1, 0.15) is 26.5 Å². The van der Waals surface area contributed by atoms with E-state index in [-0.39, 0.29) is 5.41 Å². The number of hydrogen-bond donors (Lipinski definition) is 0. The minimum Gasteiger partial charge on any atom is -0.233 e. The van der Waals surface area contributed by atoms with Crippen LogP contribution in [0.15, 0.2) is 24.3 Å². The van der Waals surface area contributed by atoms with Crippen LogP contribution < -0.4 is 5.57 Å². The van der Waals surface area contributed by atoms with Gasteiger partial charge < -0.3 is 0 Å². The Hall–Kier alpha value is -1.01. The first-order chi connectivity index (χ1) is 7.52. The van der Waals surface area contributed by atoms with Crippen molar-refractivity contribution in [1.29, 1.82) is 0 Å². The van der Waals surface area contributed by atoms with Gasteiger partial charge in [-0.2, -0.15) is 0 Å². The number of aromatic nitrogens is 2. The van der Waals surface area contributed by atoms with Crippen molar-refractivity contribution in [3.05, 3.63) is 30.0 Å². The molecule has 1 unspecified atom stereocenters. The number of benzene rings is 1. The van der Waals surface area contributed by atoms with Crippen LogP contribution in [0.25, 0.3) is 10.9 Å². The molecule has 0 amide bonds. The summed E-state index contributed by atoms with van der Waals surface area (Å²) in [7, 11) is 0.647. The fourth-order valence-corrected chi connectivity index (χ4v) is 2.22. The van der Waals surface area contributed by atoms with Gasteiger partial charge in [-0.25, -0.2) is 9.97 Å². The second-order valence-electron chi connectivity index (χ2n) is 4.91. The summed E-state index contributed by atoms with van der Waals surface area (Å²) >= 11 is 0. The summed E-state index contributed by atoms with van der Waals surface area (Å²) in [5.74, 6) is 0. The number of fused-ring (bicyclic) bond motifs is 1. The zero-order chi connectivity index (χ0) is 11.8. The Labute approximate surface area is 98.3 Å². The van der Waals surface area contributed by atoms with Gasteiger partial charge in [0.25, 0.3) is 0 Å². The first-order valence-electron chi connectivity index (χ1n) is 5.47. The van der Waals surface area contributed by atoms with Crippen LogP contribution in [0.4, 0.5) is 0 Å². The van der Waals surface area contributed by atoms with Crippen molar-refractivity contribution in [2.45, 2.75) is 26.2 Å². The highest BCUT2D eigenvalue weighted by atomic mass is 31.1. The van der Waals surface area contributed by atoms with Crippen molar-refractivity contribution >= 4 is 25.0 Å². The maximum Gasteiger partial charge on any atom is 0.148 e. The summed E-state index contributed by atoms with van der Waals surface area (Å²) in [5, 5.41) is 1.18. The molecular formula is C13H17N2P. The third kappa shape index (κ3) is 2.08. The number of para-hydroxylation sites is 1. The maximum absolute atomic E-state index is 4.69. The molecule has 1 aromatic carbocycles. The number of rotatable bonds is 1. The van der Waals surface area contributed by atoms with Crippen molar-refractivity contribution in [2.75, 3.05) is 6.66 Å². The summed E-state index contributed by atoms with van der Waals surface area (Å²) in [6.07, 6.45) is 0. The lowest BCUT2D eigenvalue weighted by atomic mass is 9.89. The molecule has 2 rings (SSSR count). The molecule has 2 aromatic rings. The molecule has 0 saturated carbocycles. The predicted molar refractivity (Wildman–Crippen MR) is 72.1 cm³/mol. The molecule has 3 heteroatoms. The van der Waals surface area contributed by atoms with E-state index in [1.54, 1.807) is 0 Å². The maximum atomic E-state index is 4.69. The predicted octanol–water partition coefficient (Wildman–Crippen LogP) is 2.86. The molecule has 0 fully saturated rings. The SMILES string of the molecule is CPc1nc(C(C)(C)C)c2ccccc2n1. The Bertz CT molecular complexity index is 515. The lowest BCUT2D eigenvalue weighted by molar-refractivity contribution is 0.576. The van der Waals surface area contributed by atoms with Gasteiger partial charge in [-0.15, -0.1) is 0 Å². The molecule has 1 aromatic heterocycles. The average Bonchev–Trinajstić information content (AvgIpc) is 2.26. The number of nitrogens with zero attached hydrogens (tertiary/aromatic N) is 2. The van der Waals surface area contributed by atoms with Crippen LogP contribution >= 0.6 is 8.58 Å². The van der Waals surface area contributed by atoms with E-state index in [2.05, 4.69) is 50.6 Å². The monoisotopic (exact) mass is 232 g/mol. The Balaban J connectivity index is 2.79. The first-order valence-corrected chi connectivity index (χ1v) is 6.97. The van der Waals surface area contributed by atoms with Crippen LogP contribution in [0.5, 0.6) is 0 Å². The van der Waals surface area contributed by atoms with Crippen LogP contribution in [0.3, 0.4) is 0 Å². The van der Waals surface area contributed by atoms with Gasteiger partial charge in [0, 0.05) is 10.8 Å². The Kier molecular flexibility index (Phi) is 2.94. The summed E-state index contributed by atoms with van der Waals surface area (Å²) in [5.41, 5.74) is 3.24. The zero-order valence-electron chi connectivity index (χ0n) is 10.2. The molecule has 0 N–H and O–H groups in total. The van der Waals surface area contributed by atoms with Gasteiger partial charge in [-0.1, -0.05) is 47.6 Å². The second-order valence-corrected chi connectivity index (χ2v) is 5.86. The molecule has 1 atom stereocenters. The topological polar surface area (TPSA) is 25.8 Å². The zero-order valence-corrected chi connectivity index (χ0v) is 11.2. The van der Waals surface area contributed by atoms with Gasteiger partial charge in [-0.05, 0) is 12.7 Å². The second kappa shape index (κ2) is 4.10. The molecule has 0 spiro atoms. The van der Waals surface area contributed by atoms with Crippen molar-refractivity contribution in [3.63, 3.8) is 0 Å². The van der Waals surface area contributed by atoms with Crippen LogP contribution in [0.2, 0.25) is 0 Å². The highest BCUT2D eigenvalue weighted by Crippen LogP contribution is 2.26. The fourth-order valence-electron chi connectivity index (χ4n) is 1.76. The smallest absolute Gasteiger partial charge is 0.148 e. The first kappa shape index (κ1) is 11.5. The van der Waals surface area contributed by atoms with Gasteiger partial charge in [0.1, 0.15) is 5.57 Å². The van der Waals surface area contributed by atoms with E-state index in [1.165, 1.54) is 5.39 Å². The molecule has 2 nitrogen and oxygen atoms in total. The van der Waals surface area contributed by atoms with Gasteiger partial charge in [-0.3, -0.25) is 0 Å². The van der Waals surface area contributed by atoms with Crippen molar-refractivity contribution in [1.82, 2.24) is 9.97 Å². The van der Waals surface area contributed by atoms with E-state index < -0.39 is 0 Å². The highest BCUT2D eigenvalue weighted by molar-refractivity contribution is 7.45. The van der Waals surface area contributed by atoms with Crippen LogP contribution in [0, 0.1) is 0 Å². The Morgan fingerprint density at radius 2 is 1.75 bits per heavy atom. The minimum atomic E-state index is 0.0664. The van der Waals surface area contributed by atoms with E-state index in [9.17, 15) is 0 Å². The third-order valence-corrected chi connectivity index (χ3v) is 3.21. The lowest BCUT2D eigenvalue weighted by Gasteiger charge is -2.20. The minimum absolute atomic E-state index is 0.0664. The molecule has 0 saturated heterocycles. The van der Waals surface area contributed by atoms with Gasteiger partial charge in [0.2, 0.25) is 0 Å². The quantitative estimate of drug-likeness (QED) is 0.706. The molecule has 0 aliphatic carbocycles. The van der Waals surface area contributed by atoms with Gasteiger partial charge >= 0.3 is 0 Å². The fraction of sp³-hybridized carbons (Fsp3) is 0.385. The van der Waals surface area contributed by atoms with Gasteiger partial charge in [0.05, 0.1) is 11.2 Å². The molecule has 0 radical (unpaired) electrons. The molecule has 0 aliphatic rings. The summed E-state index contributed by atoms with van der Waals surface area (Å²) in [6.45, 7) is 8.72. The highest BCUT2D eigenvalue weighted by Gasteiger charge is 2.19. The summed E-state index contributed by atoms with van der Waals surface area (Å²) < 4.78 is 0. The molecule has 0 aliphatic heterocycles. The Morgan fingerprint density at radius 1 is 1.06 bits per heavy atom. The summed E-state index contributed by atoms with van der Waals surface area (Å²) in [6, 6.07) is 8.26. The van der Waals surface area contributed by atoms with Gasteiger partial charge in [0.15, 0.2) is 0 Å². The molecule has 84 valence electrons. The number of hydrogen-bond acceptors (Lipinski definition) is 2. The van der Waals surface area contributed by atoms with Crippen molar-refractivity contribution in [3.8, 4) is 0 Å². The van der Waals surface area contributed by atoms with Crippen LogP contribution in [-0.4, -0.2) is 16.6 Å². The van der Waals surface area contributed by atoms with Crippen molar-refractivity contribution < 1.29 is 0 Å². The third-order valence-electron chi connectivity index (χ3n) is 2.54. The molecule has 16 heavy (non-hydrogen) atoms. The van der Waals surface area contributed by atoms with E-state index >= 15 is 0 Å². The molecular weight excluding hydrogens is 215 g/mol. The lowest BCUT2D eigenvalue weighted by Crippen LogP contribution is -2.20. The Morgan fingerprint density at radius 3 is 2.38 bits per heavy atom. The van der Waals surface area contributed by atoms with E-state index in [0.29, 0.717) is 8.58 Å². The van der Waals surface area contributed by atoms with Crippen LogP contribution in [-0.2, 0) is 5.41 Å². The largest absolute Gasteiger partial charge is 0.233 e.